The highest BCUT2D eigenvalue weighted by Crippen LogP contribution is 2.18. The molecule has 1 fully saturated rings. The maximum atomic E-state index is 12.0. The van der Waals surface area contributed by atoms with Gasteiger partial charge in [0, 0.05) is 13.1 Å². The number of rotatable bonds is 3. The van der Waals surface area contributed by atoms with Gasteiger partial charge in [0.15, 0.2) is 0 Å². The van der Waals surface area contributed by atoms with Crippen molar-refractivity contribution in [1.82, 2.24) is 20.3 Å². The minimum absolute atomic E-state index is 0.00357. The lowest BCUT2D eigenvalue weighted by Crippen LogP contribution is -2.54. The van der Waals surface area contributed by atoms with Gasteiger partial charge in [-0.15, -0.1) is 0 Å². The fraction of sp³-hybridized carbons (Fsp3) is 0.600. The summed E-state index contributed by atoms with van der Waals surface area (Å²) in [6.07, 6.45) is 0. The van der Waals surface area contributed by atoms with Crippen LogP contribution in [0.2, 0.25) is 10.6 Å². The molecule has 0 saturated carbocycles. The number of nitrogens with one attached hydrogen (secondary N) is 1. The number of anilines is 1. The molecule has 0 spiro atoms. The number of nitrogens with zero attached hydrogens (tertiary/aromatic N) is 4. The van der Waals surface area contributed by atoms with Crippen LogP contribution in [0, 0.1) is 0 Å². The first-order chi connectivity index (χ1) is 9.11. The van der Waals surface area contributed by atoms with E-state index in [9.17, 15) is 4.79 Å². The van der Waals surface area contributed by atoms with Crippen molar-refractivity contribution >= 4 is 35.1 Å². The number of hydrogen-bond donors (Lipinski definition) is 1. The monoisotopic (exact) mass is 305 g/mol. The van der Waals surface area contributed by atoms with E-state index in [-0.39, 0.29) is 29.0 Å². The number of halogens is 2. The van der Waals surface area contributed by atoms with Crippen molar-refractivity contribution in [1.29, 1.82) is 0 Å². The molecule has 1 N–H and O–H groups in total. The summed E-state index contributed by atoms with van der Waals surface area (Å²) in [6.45, 7) is 3.63. The Morgan fingerprint density at radius 3 is 2.74 bits per heavy atom. The van der Waals surface area contributed by atoms with E-state index in [0.29, 0.717) is 19.7 Å². The third-order valence-corrected chi connectivity index (χ3v) is 2.95. The highest BCUT2D eigenvalue weighted by atomic mass is 35.5. The molecule has 1 aromatic heterocycles. The molecule has 1 saturated heterocycles. The van der Waals surface area contributed by atoms with E-state index in [1.54, 1.807) is 4.90 Å². The maximum Gasteiger partial charge on any atom is 0.245 e. The van der Waals surface area contributed by atoms with Crippen LogP contribution in [-0.2, 0) is 9.53 Å². The van der Waals surface area contributed by atoms with Crippen LogP contribution in [0.1, 0.15) is 6.92 Å². The Kier molecular flexibility index (Phi) is 4.73. The second kappa shape index (κ2) is 6.31. The lowest BCUT2D eigenvalue weighted by atomic mass is 10.2. The van der Waals surface area contributed by atoms with Crippen LogP contribution in [0.25, 0.3) is 0 Å². The molecular formula is C10H13Cl2N5O2. The maximum absolute atomic E-state index is 12.0. The predicted molar refractivity (Wildman–Crippen MR) is 70.5 cm³/mol. The lowest BCUT2D eigenvalue weighted by Gasteiger charge is -2.34. The summed E-state index contributed by atoms with van der Waals surface area (Å²) in [7, 11) is 0. The van der Waals surface area contributed by atoms with Gasteiger partial charge in [-0.3, -0.25) is 4.79 Å². The number of carbonyl (C=O) groups excluding carboxylic acids is 1. The van der Waals surface area contributed by atoms with Crippen molar-refractivity contribution in [2.75, 3.05) is 31.2 Å². The summed E-state index contributed by atoms with van der Waals surface area (Å²) in [5.74, 6) is 0.138. The van der Waals surface area contributed by atoms with Gasteiger partial charge in [0.1, 0.15) is 6.04 Å². The van der Waals surface area contributed by atoms with E-state index in [1.807, 2.05) is 6.92 Å². The van der Waals surface area contributed by atoms with Gasteiger partial charge >= 0.3 is 0 Å². The number of aromatic nitrogens is 3. The largest absolute Gasteiger partial charge is 0.377 e. The van der Waals surface area contributed by atoms with E-state index in [4.69, 9.17) is 27.9 Å². The van der Waals surface area contributed by atoms with Crippen LogP contribution in [0.4, 0.5) is 5.95 Å². The molecular weight excluding hydrogens is 293 g/mol. The molecule has 7 nitrogen and oxygen atoms in total. The fourth-order valence-electron chi connectivity index (χ4n) is 1.80. The Morgan fingerprint density at radius 1 is 1.42 bits per heavy atom. The van der Waals surface area contributed by atoms with Crippen molar-refractivity contribution in [2.45, 2.75) is 13.0 Å². The van der Waals surface area contributed by atoms with Gasteiger partial charge in [0.25, 0.3) is 0 Å². The summed E-state index contributed by atoms with van der Waals surface area (Å²) in [4.78, 5) is 25.4. The van der Waals surface area contributed by atoms with Crippen molar-refractivity contribution < 1.29 is 9.53 Å². The molecule has 1 aliphatic rings. The molecule has 0 radical (unpaired) electrons. The van der Waals surface area contributed by atoms with Gasteiger partial charge < -0.3 is 15.0 Å². The second-order valence-electron chi connectivity index (χ2n) is 3.85. The average molecular weight is 306 g/mol. The van der Waals surface area contributed by atoms with Gasteiger partial charge in [-0.05, 0) is 30.1 Å². The molecule has 2 rings (SSSR count). The van der Waals surface area contributed by atoms with Gasteiger partial charge in [-0.1, -0.05) is 0 Å². The van der Waals surface area contributed by atoms with Gasteiger partial charge in [-0.25, -0.2) is 0 Å². The molecule has 1 aromatic rings. The molecule has 1 unspecified atom stereocenters. The standard InChI is InChI=1S/C10H13Cl2N5O2/c1-2-13-7(18)6-5-19-4-3-17(6)10-15-8(11)14-9(12)16-10/h6H,2-5H2,1H3,(H,13,18). The Labute approximate surface area is 120 Å². The van der Waals surface area contributed by atoms with Crippen molar-refractivity contribution in [2.24, 2.45) is 0 Å². The normalized spacial score (nSPS) is 19.3. The summed E-state index contributed by atoms with van der Waals surface area (Å²) in [6, 6.07) is -0.497. The molecule has 0 aliphatic carbocycles. The van der Waals surface area contributed by atoms with E-state index in [2.05, 4.69) is 20.3 Å². The van der Waals surface area contributed by atoms with Gasteiger partial charge in [0.2, 0.25) is 22.4 Å². The van der Waals surface area contributed by atoms with Crippen molar-refractivity contribution in [3.8, 4) is 0 Å². The van der Waals surface area contributed by atoms with Crippen LogP contribution in [0.5, 0.6) is 0 Å². The quantitative estimate of drug-likeness (QED) is 0.877. The first kappa shape index (κ1) is 14.2. The summed E-state index contributed by atoms with van der Waals surface area (Å²) in [5.41, 5.74) is 0. The molecule has 0 bridgehead atoms. The minimum atomic E-state index is -0.497. The van der Waals surface area contributed by atoms with Crippen LogP contribution in [-0.4, -0.2) is 53.2 Å². The number of likely N-dealkylation sites (N-methyl/N-ethyl adjacent to an activating group) is 1. The van der Waals surface area contributed by atoms with E-state index in [0.717, 1.165) is 0 Å². The predicted octanol–water partition coefficient (Wildman–Crippen LogP) is 0.520. The lowest BCUT2D eigenvalue weighted by molar-refractivity contribution is -0.124. The molecule has 2 heterocycles. The molecule has 1 aliphatic heterocycles. The van der Waals surface area contributed by atoms with Gasteiger partial charge in [-0.2, -0.15) is 15.0 Å². The number of amides is 1. The minimum Gasteiger partial charge on any atom is -0.377 e. The van der Waals surface area contributed by atoms with E-state index >= 15 is 0 Å². The van der Waals surface area contributed by atoms with Crippen LogP contribution >= 0.6 is 23.2 Å². The van der Waals surface area contributed by atoms with Gasteiger partial charge in [0.05, 0.1) is 13.2 Å². The Morgan fingerprint density at radius 2 is 2.11 bits per heavy atom. The van der Waals surface area contributed by atoms with Crippen LogP contribution < -0.4 is 10.2 Å². The number of hydrogen-bond acceptors (Lipinski definition) is 6. The second-order valence-corrected chi connectivity index (χ2v) is 4.53. The molecule has 0 aromatic carbocycles. The fourth-order valence-corrected chi connectivity index (χ4v) is 2.15. The Bertz CT molecular complexity index is 453. The molecule has 9 heteroatoms. The number of morpholine rings is 1. The van der Waals surface area contributed by atoms with E-state index in [1.165, 1.54) is 0 Å². The Balaban J connectivity index is 2.25. The number of ether oxygens (including phenoxy) is 1. The first-order valence-corrected chi connectivity index (χ1v) is 6.56. The average Bonchev–Trinajstić information content (AvgIpc) is 2.38. The van der Waals surface area contributed by atoms with Crippen LogP contribution in [0.15, 0.2) is 0 Å². The zero-order valence-electron chi connectivity index (χ0n) is 10.3. The third kappa shape index (κ3) is 3.43. The smallest absolute Gasteiger partial charge is 0.245 e. The molecule has 1 atom stereocenters. The summed E-state index contributed by atoms with van der Waals surface area (Å²) < 4.78 is 5.32. The Hall–Kier alpha value is -1.18. The van der Waals surface area contributed by atoms with Crippen molar-refractivity contribution in [3.05, 3.63) is 10.6 Å². The molecule has 19 heavy (non-hydrogen) atoms. The zero-order valence-corrected chi connectivity index (χ0v) is 11.8. The summed E-state index contributed by atoms with van der Waals surface area (Å²) in [5, 5.41) is 2.74. The highest BCUT2D eigenvalue weighted by Gasteiger charge is 2.31. The first-order valence-electron chi connectivity index (χ1n) is 5.81. The third-order valence-electron chi connectivity index (χ3n) is 2.61. The topological polar surface area (TPSA) is 80.2 Å². The zero-order chi connectivity index (χ0) is 13.8. The number of carbonyl (C=O) groups is 1. The van der Waals surface area contributed by atoms with Crippen molar-refractivity contribution in [3.63, 3.8) is 0 Å². The van der Waals surface area contributed by atoms with E-state index < -0.39 is 6.04 Å². The van der Waals surface area contributed by atoms with Crippen LogP contribution in [0.3, 0.4) is 0 Å². The summed E-state index contributed by atoms with van der Waals surface area (Å²) >= 11 is 11.5. The molecule has 104 valence electrons. The SMILES string of the molecule is CCNC(=O)C1COCCN1c1nc(Cl)nc(Cl)n1. The highest BCUT2D eigenvalue weighted by molar-refractivity contribution is 6.31. The molecule has 1 amide bonds.